The van der Waals surface area contributed by atoms with Crippen molar-refractivity contribution >= 4 is 17.7 Å². The second-order valence-corrected chi connectivity index (χ2v) is 5.86. The molecular formula is C21H23NO2. The molecule has 0 radical (unpaired) electrons. The summed E-state index contributed by atoms with van der Waals surface area (Å²) in [6, 6.07) is 17.9. The van der Waals surface area contributed by atoms with Gasteiger partial charge in [0, 0.05) is 25.4 Å². The number of carbonyl (C=O) groups excluding carboxylic acids is 1. The normalized spacial score (nSPS) is 12.0. The minimum atomic E-state index is -0.453. The summed E-state index contributed by atoms with van der Waals surface area (Å²) in [7, 11) is 3.98. The molecule has 0 fully saturated rings. The van der Waals surface area contributed by atoms with E-state index >= 15 is 0 Å². The largest absolute Gasteiger partial charge is 0.450 e. The lowest BCUT2D eigenvalue weighted by Crippen LogP contribution is -2.11. The van der Waals surface area contributed by atoms with Crippen molar-refractivity contribution in [1.82, 2.24) is 0 Å². The highest BCUT2D eigenvalue weighted by molar-refractivity contribution is 5.87. The van der Waals surface area contributed by atoms with Crippen LogP contribution in [-0.4, -0.2) is 20.1 Å². The summed E-state index contributed by atoms with van der Waals surface area (Å²) >= 11 is 0. The van der Waals surface area contributed by atoms with Crippen LogP contribution in [0.3, 0.4) is 0 Å². The summed E-state index contributed by atoms with van der Waals surface area (Å²) in [5.41, 5.74) is 3.45. The highest BCUT2D eigenvalue weighted by Gasteiger charge is 2.14. The van der Waals surface area contributed by atoms with Crippen LogP contribution in [0.2, 0.25) is 0 Å². The molecule has 0 N–H and O–H groups in total. The average Bonchev–Trinajstić information content (AvgIpc) is 2.59. The van der Waals surface area contributed by atoms with E-state index in [0.29, 0.717) is 5.57 Å². The molecule has 1 atom stereocenters. The predicted molar refractivity (Wildman–Crippen MR) is 99.9 cm³/mol. The minimum Gasteiger partial charge on any atom is -0.450 e. The first-order valence-corrected chi connectivity index (χ1v) is 7.84. The summed E-state index contributed by atoms with van der Waals surface area (Å²) in [5, 5.41) is 0. The van der Waals surface area contributed by atoms with E-state index in [-0.39, 0.29) is 0 Å². The first-order chi connectivity index (χ1) is 11.5. The lowest BCUT2D eigenvalue weighted by Gasteiger charge is -2.17. The van der Waals surface area contributed by atoms with Crippen molar-refractivity contribution in [2.75, 3.05) is 19.0 Å². The van der Waals surface area contributed by atoms with Crippen molar-refractivity contribution in [2.45, 2.75) is 13.0 Å². The van der Waals surface area contributed by atoms with Crippen LogP contribution in [0.25, 0.3) is 6.08 Å². The maximum Gasteiger partial charge on any atom is 0.334 e. The average molecular weight is 321 g/mol. The van der Waals surface area contributed by atoms with Gasteiger partial charge in [-0.3, -0.25) is 0 Å². The van der Waals surface area contributed by atoms with E-state index in [4.69, 9.17) is 4.74 Å². The Labute approximate surface area is 143 Å². The standard InChI is InChI=1S/C21H23NO2/c1-16(2)21(23)24-20(15-10-17-8-6-5-7-9-17)18-11-13-19(14-12-18)22(3)4/h5-15,20H,1H2,2-4H3. The number of hydrogen-bond acceptors (Lipinski definition) is 3. The maximum absolute atomic E-state index is 11.9. The van der Waals surface area contributed by atoms with Crippen LogP contribution in [0.5, 0.6) is 0 Å². The van der Waals surface area contributed by atoms with Crippen LogP contribution in [0, 0.1) is 0 Å². The second kappa shape index (κ2) is 8.16. The van der Waals surface area contributed by atoms with Gasteiger partial charge in [-0.25, -0.2) is 4.79 Å². The van der Waals surface area contributed by atoms with Crippen LogP contribution in [-0.2, 0) is 9.53 Å². The molecule has 3 nitrogen and oxygen atoms in total. The summed E-state index contributed by atoms with van der Waals surface area (Å²) in [5.74, 6) is -0.394. The number of carbonyl (C=O) groups is 1. The molecular weight excluding hydrogens is 298 g/mol. The number of esters is 1. The minimum absolute atomic E-state index is 0.387. The summed E-state index contributed by atoms with van der Waals surface area (Å²) in [4.78, 5) is 14.0. The Hall–Kier alpha value is -2.81. The van der Waals surface area contributed by atoms with Crippen molar-refractivity contribution < 1.29 is 9.53 Å². The molecule has 0 aliphatic carbocycles. The SMILES string of the molecule is C=C(C)C(=O)OC(C=Cc1ccccc1)c1ccc(N(C)C)cc1. The molecule has 24 heavy (non-hydrogen) atoms. The fourth-order valence-electron chi connectivity index (χ4n) is 2.16. The van der Waals surface area contributed by atoms with Gasteiger partial charge in [0.15, 0.2) is 0 Å². The van der Waals surface area contributed by atoms with E-state index in [2.05, 4.69) is 6.58 Å². The van der Waals surface area contributed by atoms with Gasteiger partial charge in [-0.1, -0.05) is 55.1 Å². The Morgan fingerprint density at radius 3 is 2.25 bits per heavy atom. The molecule has 0 bridgehead atoms. The molecule has 0 aromatic heterocycles. The van der Waals surface area contributed by atoms with Crippen molar-refractivity contribution in [2.24, 2.45) is 0 Å². The molecule has 0 saturated carbocycles. The van der Waals surface area contributed by atoms with Crippen LogP contribution < -0.4 is 4.90 Å². The Morgan fingerprint density at radius 2 is 1.71 bits per heavy atom. The monoisotopic (exact) mass is 321 g/mol. The molecule has 2 rings (SSSR count). The summed E-state index contributed by atoms with van der Waals surface area (Å²) in [6.07, 6.45) is 3.39. The molecule has 0 spiro atoms. The molecule has 0 heterocycles. The number of anilines is 1. The molecule has 0 amide bonds. The second-order valence-electron chi connectivity index (χ2n) is 5.86. The molecule has 0 saturated heterocycles. The zero-order chi connectivity index (χ0) is 17.5. The maximum atomic E-state index is 11.9. The van der Waals surface area contributed by atoms with Gasteiger partial charge < -0.3 is 9.64 Å². The van der Waals surface area contributed by atoms with Crippen LogP contribution in [0.1, 0.15) is 24.2 Å². The summed E-state index contributed by atoms with van der Waals surface area (Å²) in [6.45, 7) is 5.30. The van der Waals surface area contributed by atoms with Gasteiger partial charge >= 0.3 is 5.97 Å². The van der Waals surface area contributed by atoms with E-state index in [1.807, 2.05) is 85.7 Å². The number of ether oxygens (including phenoxy) is 1. The number of hydrogen-bond donors (Lipinski definition) is 0. The third-order valence-corrected chi connectivity index (χ3v) is 3.58. The summed E-state index contributed by atoms with van der Waals surface area (Å²) < 4.78 is 5.58. The van der Waals surface area contributed by atoms with Crippen LogP contribution in [0.15, 0.2) is 72.8 Å². The van der Waals surface area contributed by atoms with E-state index in [0.717, 1.165) is 16.8 Å². The lowest BCUT2D eigenvalue weighted by molar-refractivity contribution is -0.142. The third-order valence-electron chi connectivity index (χ3n) is 3.58. The fraction of sp³-hybridized carbons (Fsp3) is 0.190. The van der Waals surface area contributed by atoms with Crippen molar-refractivity contribution in [3.05, 3.63) is 84.0 Å². The molecule has 3 heteroatoms. The van der Waals surface area contributed by atoms with Crippen molar-refractivity contribution in [3.8, 4) is 0 Å². The zero-order valence-corrected chi connectivity index (χ0v) is 14.4. The van der Waals surface area contributed by atoms with E-state index in [1.165, 1.54) is 0 Å². The molecule has 0 aliphatic heterocycles. The van der Waals surface area contributed by atoms with Gasteiger partial charge in [-0.2, -0.15) is 0 Å². The highest BCUT2D eigenvalue weighted by atomic mass is 16.5. The quantitative estimate of drug-likeness (QED) is 0.574. The van der Waals surface area contributed by atoms with Crippen molar-refractivity contribution in [3.63, 3.8) is 0 Å². The Morgan fingerprint density at radius 1 is 1.08 bits per heavy atom. The predicted octanol–water partition coefficient (Wildman–Crippen LogP) is 4.63. The smallest absolute Gasteiger partial charge is 0.334 e. The third kappa shape index (κ3) is 4.85. The van der Waals surface area contributed by atoms with E-state index in [9.17, 15) is 4.79 Å². The van der Waals surface area contributed by atoms with E-state index in [1.54, 1.807) is 6.92 Å². The molecule has 124 valence electrons. The van der Waals surface area contributed by atoms with Crippen molar-refractivity contribution in [1.29, 1.82) is 0 Å². The van der Waals surface area contributed by atoms with Gasteiger partial charge in [0.25, 0.3) is 0 Å². The highest BCUT2D eigenvalue weighted by Crippen LogP contribution is 2.24. The number of nitrogens with zero attached hydrogens (tertiary/aromatic N) is 1. The fourth-order valence-corrected chi connectivity index (χ4v) is 2.16. The molecule has 2 aromatic rings. The first-order valence-electron chi connectivity index (χ1n) is 7.84. The molecule has 2 aromatic carbocycles. The Kier molecular flexibility index (Phi) is 5.96. The van der Waals surface area contributed by atoms with Gasteiger partial charge in [0.1, 0.15) is 6.10 Å². The zero-order valence-electron chi connectivity index (χ0n) is 14.4. The molecule has 1 unspecified atom stereocenters. The molecule has 0 aliphatic rings. The van der Waals surface area contributed by atoms with Crippen LogP contribution in [0.4, 0.5) is 5.69 Å². The topological polar surface area (TPSA) is 29.5 Å². The van der Waals surface area contributed by atoms with Gasteiger partial charge in [0.2, 0.25) is 0 Å². The number of rotatable bonds is 6. The lowest BCUT2D eigenvalue weighted by atomic mass is 10.1. The number of benzene rings is 2. The van der Waals surface area contributed by atoms with E-state index < -0.39 is 12.1 Å². The Balaban J connectivity index is 2.26. The van der Waals surface area contributed by atoms with Gasteiger partial charge in [-0.05, 0) is 36.3 Å². The van der Waals surface area contributed by atoms with Gasteiger partial charge in [-0.15, -0.1) is 0 Å². The van der Waals surface area contributed by atoms with Crippen LogP contribution >= 0.6 is 0 Å². The first kappa shape index (κ1) is 17.5. The van der Waals surface area contributed by atoms with Gasteiger partial charge in [0.05, 0.1) is 0 Å². The Bertz CT molecular complexity index is 715.